The summed E-state index contributed by atoms with van der Waals surface area (Å²) in [6.07, 6.45) is 4.20. The fourth-order valence-corrected chi connectivity index (χ4v) is 3.25. The molecule has 1 saturated carbocycles. The lowest BCUT2D eigenvalue weighted by molar-refractivity contribution is 0.322. The zero-order chi connectivity index (χ0) is 11.8. The molecule has 16 heavy (non-hydrogen) atoms. The van der Waals surface area contributed by atoms with E-state index in [1.165, 1.54) is 17.0 Å². The molecule has 0 unspecified atom stereocenters. The van der Waals surface area contributed by atoms with E-state index < -0.39 is 0 Å². The topological polar surface area (TPSA) is 36.7 Å². The summed E-state index contributed by atoms with van der Waals surface area (Å²) < 4.78 is 0. The van der Waals surface area contributed by atoms with Crippen LogP contribution in [0, 0.1) is 24.2 Å². The van der Waals surface area contributed by atoms with Gasteiger partial charge in [0.2, 0.25) is 0 Å². The highest BCUT2D eigenvalue weighted by Crippen LogP contribution is 2.45. The Morgan fingerprint density at radius 2 is 2.19 bits per heavy atom. The molecule has 3 heteroatoms. The molecular formula is C13H18N2S. The van der Waals surface area contributed by atoms with Gasteiger partial charge in [0, 0.05) is 4.88 Å². The second-order valence-electron chi connectivity index (χ2n) is 5.17. The number of nitrogens with zero attached hydrogens (tertiary/aromatic N) is 2. The first-order chi connectivity index (χ1) is 7.57. The summed E-state index contributed by atoms with van der Waals surface area (Å²) in [6, 6.07) is 2.47. The molecular weight excluding hydrogens is 216 g/mol. The predicted octanol–water partition coefficient (Wildman–Crippen LogP) is 3.60. The molecule has 0 radical (unpaired) electrons. The highest BCUT2D eigenvalue weighted by molar-refractivity contribution is 7.11. The van der Waals surface area contributed by atoms with E-state index in [1.807, 2.05) is 0 Å². The van der Waals surface area contributed by atoms with Crippen LogP contribution in [0.3, 0.4) is 0 Å². The lowest BCUT2D eigenvalue weighted by Gasteiger charge is -2.32. The van der Waals surface area contributed by atoms with Crippen molar-refractivity contribution >= 4 is 11.3 Å². The summed E-state index contributed by atoms with van der Waals surface area (Å²) >= 11 is 1.73. The Kier molecular flexibility index (Phi) is 3.03. The van der Waals surface area contributed by atoms with Crippen LogP contribution in [0.25, 0.3) is 0 Å². The summed E-state index contributed by atoms with van der Waals surface area (Å²) in [5.41, 5.74) is 0.974. The van der Waals surface area contributed by atoms with Gasteiger partial charge in [-0.3, -0.25) is 0 Å². The first-order valence-corrected chi connectivity index (χ1v) is 6.77. The van der Waals surface area contributed by atoms with Crippen LogP contribution in [-0.4, -0.2) is 4.98 Å². The predicted molar refractivity (Wildman–Crippen MR) is 66.5 cm³/mol. The van der Waals surface area contributed by atoms with Gasteiger partial charge in [0.05, 0.1) is 11.8 Å². The van der Waals surface area contributed by atoms with Crippen LogP contribution in [-0.2, 0) is 11.8 Å². The average molecular weight is 234 g/mol. The van der Waals surface area contributed by atoms with Crippen LogP contribution in [0.4, 0.5) is 0 Å². The van der Waals surface area contributed by atoms with Gasteiger partial charge >= 0.3 is 0 Å². The van der Waals surface area contributed by atoms with Gasteiger partial charge in [-0.05, 0) is 38.5 Å². The summed E-state index contributed by atoms with van der Waals surface area (Å²) in [5, 5.41) is 10.4. The fourth-order valence-electron chi connectivity index (χ4n) is 2.11. The van der Waals surface area contributed by atoms with Crippen molar-refractivity contribution < 1.29 is 0 Å². The summed E-state index contributed by atoms with van der Waals surface area (Å²) in [4.78, 5) is 6.01. The van der Waals surface area contributed by atoms with Gasteiger partial charge in [-0.2, -0.15) is 5.26 Å². The zero-order valence-corrected chi connectivity index (χ0v) is 11.0. The molecule has 1 aliphatic rings. The van der Waals surface area contributed by atoms with E-state index in [4.69, 9.17) is 4.98 Å². The molecule has 0 aromatic carbocycles. The van der Waals surface area contributed by atoms with Crippen molar-refractivity contribution in [3.8, 4) is 6.07 Å². The third-order valence-electron chi connectivity index (χ3n) is 3.32. The molecule has 1 aliphatic carbocycles. The molecule has 2 rings (SSSR count). The molecule has 2 nitrogen and oxygen atoms in total. The minimum Gasteiger partial charge on any atom is -0.244 e. The number of nitriles is 1. The van der Waals surface area contributed by atoms with Crippen LogP contribution in [0.2, 0.25) is 0 Å². The lowest BCUT2D eigenvalue weighted by atomic mass is 9.70. The maximum atomic E-state index is 9.29. The minimum atomic E-state index is -0.231. The van der Waals surface area contributed by atoms with Crippen LogP contribution < -0.4 is 0 Å². The van der Waals surface area contributed by atoms with Gasteiger partial charge in [-0.1, -0.05) is 13.8 Å². The third kappa shape index (κ3) is 1.87. The monoisotopic (exact) mass is 234 g/mol. The molecule has 0 aliphatic heterocycles. The van der Waals surface area contributed by atoms with E-state index in [0.717, 1.165) is 24.3 Å². The maximum absolute atomic E-state index is 9.29. The number of hydrogen-bond acceptors (Lipinski definition) is 3. The smallest absolute Gasteiger partial charge is 0.113 e. The molecule has 1 fully saturated rings. The van der Waals surface area contributed by atoms with Crippen LogP contribution in [0.5, 0.6) is 0 Å². The molecule has 1 aromatic heterocycles. The Hall–Kier alpha value is -0.880. The van der Waals surface area contributed by atoms with Gasteiger partial charge in [0.1, 0.15) is 10.4 Å². The van der Waals surface area contributed by atoms with Gasteiger partial charge in [0.25, 0.3) is 0 Å². The van der Waals surface area contributed by atoms with Crippen molar-refractivity contribution in [3.63, 3.8) is 0 Å². The molecule has 0 spiro atoms. The number of aryl methyl sites for hydroxylation is 1. The largest absolute Gasteiger partial charge is 0.244 e. The Morgan fingerprint density at radius 3 is 2.62 bits per heavy atom. The van der Waals surface area contributed by atoms with Gasteiger partial charge < -0.3 is 0 Å². The molecule has 0 saturated heterocycles. The Morgan fingerprint density at radius 1 is 1.50 bits per heavy atom. The molecule has 86 valence electrons. The van der Waals surface area contributed by atoms with E-state index in [2.05, 4.69) is 26.8 Å². The van der Waals surface area contributed by atoms with E-state index >= 15 is 0 Å². The Bertz CT molecular complexity index is 422. The van der Waals surface area contributed by atoms with Gasteiger partial charge in [0.15, 0.2) is 0 Å². The lowest BCUT2D eigenvalue weighted by Crippen LogP contribution is -2.32. The van der Waals surface area contributed by atoms with Crippen molar-refractivity contribution in [1.29, 1.82) is 5.26 Å². The molecule has 0 amide bonds. The number of hydrogen-bond donors (Lipinski definition) is 0. The van der Waals surface area contributed by atoms with Crippen molar-refractivity contribution in [2.45, 2.75) is 51.9 Å². The number of thiazole rings is 1. The highest BCUT2D eigenvalue weighted by Gasteiger charge is 2.42. The number of rotatable bonds is 3. The Labute approximate surface area is 101 Å². The Balaban J connectivity index is 2.27. The van der Waals surface area contributed by atoms with Crippen molar-refractivity contribution in [3.05, 3.63) is 15.6 Å². The van der Waals surface area contributed by atoms with Crippen molar-refractivity contribution in [2.24, 2.45) is 5.92 Å². The van der Waals surface area contributed by atoms with Crippen LogP contribution in [0.1, 0.15) is 48.7 Å². The first kappa shape index (κ1) is 11.6. The summed E-state index contributed by atoms with van der Waals surface area (Å²) in [6.45, 7) is 6.55. The molecule has 0 atom stereocenters. The van der Waals surface area contributed by atoms with Gasteiger partial charge in [-0.25, -0.2) is 4.98 Å². The van der Waals surface area contributed by atoms with E-state index in [9.17, 15) is 5.26 Å². The van der Waals surface area contributed by atoms with E-state index in [1.54, 1.807) is 11.3 Å². The normalized spacial score (nSPS) is 18.2. The quantitative estimate of drug-likeness (QED) is 0.801. The zero-order valence-electron chi connectivity index (χ0n) is 10.2. The standard InChI is InChI=1S/C13H18N2S/c1-9(2)7-11-10(3)16-12(15-11)13(8-14)5-4-6-13/h9H,4-7H2,1-3H3. The number of aromatic nitrogens is 1. The second-order valence-corrected chi connectivity index (χ2v) is 6.37. The first-order valence-electron chi connectivity index (χ1n) is 5.95. The van der Waals surface area contributed by atoms with Crippen LogP contribution >= 0.6 is 11.3 Å². The molecule has 1 aromatic rings. The van der Waals surface area contributed by atoms with Crippen LogP contribution in [0.15, 0.2) is 0 Å². The average Bonchev–Trinajstić information content (AvgIpc) is 2.46. The van der Waals surface area contributed by atoms with E-state index in [0.29, 0.717) is 5.92 Å². The van der Waals surface area contributed by atoms with Crippen molar-refractivity contribution in [1.82, 2.24) is 4.98 Å². The SMILES string of the molecule is Cc1sc(C2(C#N)CCC2)nc1CC(C)C. The van der Waals surface area contributed by atoms with Gasteiger partial charge in [-0.15, -0.1) is 11.3 Å². The third-order valence-corrected chi connectivity index (χ3v) is 4.54. The maximum Gasteiger partial charge on any atom is 0.113 e. The van der Waals surface area contributed by atoms with Crippen molar-refractivity contribution in [2.75, 3.05) is 0 Å². The molecule has 0 N–H and O–H groups in total. The highest BCUT2D eigenvalue weighted by atomic mass is 32.1. The minimum absolute atomic E-state index is 0.231. The fraction of sp³-hybridized carbons (Fsp3) is 0.692. The van der Waals surface area contributed by atoms with E-state index in [-0.39, 0.29) is 5.41 Å². The molecule has 1 heterocycles. The summed E-state index contributed by atoms with van der Waals surface area (Å²) in [7, 11) is 0. The summed E-state index contributed by atoms with van der Waals surface area (Å²) in [5.74, 6) is 0.632. The molecule has 0 bridgehead atoms. The second kappa shape index (κ2) is 4.18.